The Hall–Kier alpha value is -1.95. The van der Waals surface area contributed by atoms with E-state index in [1.165, 1.54) is 23.1 Å². The predicted molar refractivity (Wildman–Crippen MR) is 96.5 cm³/mol. The van der Waals surface area contributed by atoms with E-state index in [1.54, 1.807) is 7.05 Å². The molecule has 2 aliphatic rings. The lowest BCUT2D eigenvalue weighted by Crippen LogP contribution is -2.34. The molecule has 2 fully saturated rings. The minimum atomic E-state index is 0.0705. The molecule has 6 nitrogen and oxygen atoms in total. The van der Waals surface area contributed by atoms with E-state index in [0.29, 0.717) is 12.0 Å². The van der Waals surface area contributed by atoms with Gasteiger partial charge in [0.1, 0.15) is 5.82 Å². The molecule has 1 aliphatic carbocycles. The Morgan fingerprint density at radius 2 is 1.76 bits per heavy atom. The molecule has 0 N–H and O–H groups in total. The highest BCUT2D eigenvalue weighted by Crippen LogP contribution is 2.33. The smallest absolute Gasteiger partial charge is 0.299 e. The first-order chi connectivity index (χ1) is 12.2. The largest absolute Gasteiger partial charge is 0.345 e. The fourth-order valence-corrected chi connectivity index (χ4v) is 4.38. The molecule has 2 aromatic rings. The maximum Gasteiger partial charge on any atom is 0.345 e. The van der Waals surface area contributed by atoms with Gasteiger partial charge in [-0.15, -0.1) is 0 Å². The van der Waals surface area contributed by atoms with Crippen LogP contribution in [0.2, 0.25) is 0 Å². The standard InChI is InChI=1S/C19H27N5O/c1-22-19(25)24(17-4-2-3-5-17)18(21-22)16-8-12-23(13-9-16)14-15-6-10-20-11-7-15/h6-7,10-11,16-17H,2-5,8-9,12-14H2,1H3. The van der Waals surface area contributed by atoms with E-state index in [0.717, 1.165) is 51.1 Å². The van der Waals surface area contributed by atoms with E-state index in [-0.39, 0.29) is 5.69 Å². The van der Waals surface area contributed by atoms with Gasteiger partial charge in [-0.1, -0.05) is 12.8 Å². The SMILES string of the molecule is Cn1nc(C2CCN(Cc3ccncc3)CC2)n(C2CCCC2)c1=O. The Labute approximate surface area is 148 Å². The van der Waals surface area contributed by atoms with Crippen LogP contribution in [0.25, 0.3) is 0 Å². The van der Waals surface area contributed by atoms with Crippen LogP contribution in [-0.4, -0.2) is 37.3 Å². The molecule has 134 valence electrons. The number of aryl methyl sites for hydroxylation is 1. The number of aromatic nitrogens is 4. The molecule has 0 atom stereocenters. The average molecular weight is 341 g/mol. The maximum atomic E-state index is 12.6. The van der Waals surface area contributed by atoms with Gasteiger partial charge in [-0.2, -0.15) is 5.10 Å². The summed E-state index contributed by atoms with van der Waals surface area (Å²) in [6, 6.07) is 4.54. The Kier molecular flexibility index (Phi) is 4.70. The lowest BCUT2D eigenvalue weighted by molar-refractivity contribution is 0.198. The zero-order valence-electron chi connectivity index (χ0n) is 15.0. The first kappa shape index (κ1) is 16.5. The third-order valence-corrected chi connectivity index (χ3v) is 5.78. The second kappa shape index (κ2) is 7.12. The summed E-state index contributed by atoms with van der Waals surface area (Å²) in [7, 11) is 1.79. The summed E-state index contributed by atoms with van der Waals surface area (Å²) in [4.78, 5) is 19.2. The number of pyridine rings is 1. The molecule has 1 aliphatic heterocycles. The third kappa shape index (κ3) is 3.40. The van der Waals surface area contributed by atoms with Gasteiger partial charge in [0.25, 0.3) is 0 Å². The minimum Gasteiger partial charge on any atom is -0.299 e. The summed E-state index contributed by atoms with van der Waals surface area (Å²) in [5, 5.41) is 4.63. The van der Waals surface area contributed by atoms with Gasteiger partial charge >= 0.3 is 5.69 Å². The molecule has 0 bridgehead atoms. The van der Waals surface area contributed by atoms with Gasteiger partial charge in [-0.05, 0) is 56.5 Å². The van der Waals surface area contributed by atoms with Gasteiger partial charge in [0, 0.05) is 37.9 Å². The van der Waals surface area contributed by atoms with Crippen molar-refractivity contribution in [2.24, 2.45) is 7.05 Å². The molecule has 0 spiro atoms. The topological polar surface area (TPSA) is 56.0 Å². The van der Waals surface area contributed by atoms with E-state index < -0.39 is 0 Å². The first-order valence-corrected chi connectivity index (χ1v) is 9.49. The zero-order valence-corrected chi connectivity index (χ0v) is 15.0. The Morgan fingerprint density at radius 1 is 1.08 bits per heavy atom. The summed E-state index contributed by atoms with van der Waals surface area (Å²) in [5.74, 6) is 1.44. The van der Waals surface area contributed by atoms with Crippen LogP contribution in [0.1, 0.15) is 61.9 Å². The van der Waals surface area contributed by atoms with Crippen molar-refractivity contribution in [3.05, 3.63) is 46.4 Å². The highest BCUT2D eigenvalue weighted by molar-refractivity contribution is 5.10. The van der Waals surface area contributed by atoms with Gasteiger partial charge in [-0.3, -0.25) is 14.5 Å². The van der Waals surface area contributed by atoms with Crippen LogP contribution in [0.3, 0.4) is 0 Å². The highest BCUT2D eigenvalue weighted by Gasteiger charge is 2.30. The first-order valence-electron chi connectivity index (χ1n) is 9.49. The Bertz CT molecular complexity index is 752. The van der Waals surface area contributed by atoms with Crippen LogP contribution in [0, 0.1) is 0 Å². The molecule has 0 amide bonds. The molecule has 2 aromatic heterocycles. The van der Waals surface area contributed by atoms with E-state index >= 15 is 0 Å². The normalized spacial score (nSPS) is 20.4. The van der Waals surface area contributed by atoms with E-state index in [2.05, 4.69) is 27.1 Å². The monoisotopic (exact) mass is 341 g/mol. The molecule has 25 heavy (non-hydrogen) atoms. The van der Waals surface area contributed by atoms with Crippen molar-refractivity contribution in [1.82, 2.24) is 24.2 Å². The predicted octanol–water partition coefficient (Wildman–Crippen LogP) is 2.47. The van der Waals surface area contributed by atoms with Crippen LogP contribution in [0.4, 0.5) is 0 Å². The summed E-state index contributed by atoms with van der Waals surface area (Å²) in [6.07, 6.45) is 10.6. The van der Waals surface area contributed by atoms with Crippen molar-refractivity contribution in [3.8, 4) is 0 Å². The summed E-state index contributed by atoms with van der Waals surface area (Å²) >= 11 is 0. The quantitative estimate of drug-likeness (QED) is 0.857. The molecule has 0 radical (unpaired) electrons. The fourth-order valence-electron chi connectivity index (χ4n) is 4.38. The highest BCUT2D eigenvalue weighted by atomic mass is 16.2. The van der Waals surface area contributed by atoms with E-state index in [9.17, 15) is 4.79 Å². The number of hydrogen-bond acceptors (Lipinski definition) is 4. The van der Waals surface area contributed by atoms with Crippen LogP contribution in [0.5, 0.6) is 0 Å². The maximum absolute atomic E-state index is 12.6. The fraction of sp³-hybridized carbons (Fsp3) is 0.632. The second-order valence-corrected chi connectivity index (χ2v) is 7.48. The third-order valence-electron chi connectivity index (χ3n) is 5.78. The average Bonchev–Trinajstić information content (AvgIpc) is 3.25. The van der Waals surface area contributed by atoms with E-state index in [4.69, 9.17) is 0 Å². The molecule has 0 unspecified atom stereocenters. The molecule has 4 rings (SSSR count). The van der Waals surface area contributed by atoms with Crippen LogP contribution >= 0.6 is 0 Å². The van der Waals surface area contributed by atoms with Gasteiger partial charge in [0.2, 0.25) is 0 Å². The van der Waals surface area contributed by atoms with Crippen molar-refractivity contribution in [1.29, 1.82) is 0 Å². The summed E-state index contributed by atoms with van der Waals surface area (Å²) in [5.41, 5.74) is 1.38. The molecule has 1 saturated carbocycles. The second-order valence-electron chi connectivity index (χ2n) is 7.48. The van der Waals surface area contributed by atoms with Crippen molar-refractivity contribution in [2.45, 2.75) is 57.0 Å². The van der Waals surface area contributed by atoms with Gasteiger partial charge in [0.15, 0.2) is 0 Å². The van der Waals surface area contributed by atoms with Crippen molar-refractivity contribution >= 4 is 0 Å². The number of rotatable bonds is 4. The number of likely N-dealkylation sites (tertiary alicyclic amines) is 1. The van der Waals surface area contributed by atoms with Gasteiger partial charge in [0.05, 0.1) is 0 Å². The lowest BCUT2D eigenvalue weighted by atomic mass is 9.95. The number of nitrogens with zero attached hydrogens (tertiary/aromatic N) is 5. The summed E-state index contributed by atoms with van der Waals surface area (Å²) < 4.78 is 3.56. The van der Waals surface area contributed by atoms with Crippen LogP contribution in [-0.2, 0) is 13.6 Å². The van der Waals surface area contributed by atoms with E-state index in [1.807, 2.05) is 17.0 Å². The number of piperidine rings is 1. The van der Waals surface area contributed by atoms with Gasteiger partial charge in [-0.25, -0.2) is 9.48 Å². The molecule has 6 heteroatoms. The molecule has 1 saturated heterocycles. The Morgan fingerprint density at radius 3 is 2.44 bits per heavy atom. The van der Waals surface area contributed by atoms with Crippen LogP contribution < -0.4 is 5.69 Å². The minimum absolute atomic E-state index is 0.0705. The lowest BCUT2D eigenvalue weighted by Gasteiger charge is -2.32. The zero-order chi connectivity index (χ0) is 17.2. The van der Waals surface area contributed by atoms with Gasteiger partial charge < -0.3 is 0 Å². The molecule has 3 heterocycles. The molecule has 0 aromatic carbocycles. The Balaban J connectivity index is 1.46. The molecular formula is C19H27N5O. The van der Waals surface area contributed by atoms with Crippen molar-refractivity contribution in [2.75, 3.05) is 13.1 Å². The van der Waals surface area contributed by atoms with Crippen molar-refractivity contribution in [3.63, 3.8) is 0 Å². The van der Waals surface area contributed by atoms with Crippen molar-refractivity contribution < 1.29 is 0 Å². The van der Waals surface area contributed by atoms with Crippen LogP contribution in [0.15, 0.2) is 29.3 Å². The number of hydrogen-bond donors (Lipinski definition) is 0. The summed E-state index contributed by atoms with van der Waals surface area (Å²) in [6.45, 7) is 3.09. The molecular weight excluding hydrogens is 314 g/mol.